The van der Waals surface area contributed by atoms with Crippen molar-refractivity contribution in [3.63, 3.8) is 0 Å². The number of benzene rings is 2. The van der Waals surface area contributed by atoms with Crippen molar-refractivity contribution < 1.29 is 32.6 Å². The number of sulfonamides is 1. The second-order valence-electron chi connectivity index (χ2n) is 7.19. The van der Waals surface area contributed by atoms with E-state index in [0.717, 1.165) is 21.8 Å². The molecule has 0 atom stereocenters. The molecule has 0 spiro atoms. The van der Waals surface area contributed by atoms with Crippen LogP contribution in [0.15, 0.2) is 59.5 Å². The summed E-state index contributed by atoms with van der Waals surface area (Å²) in [5.74, 6) is 5.61. The summed E-state index contributed by atoms with van der Waals surface area (Å²) in [5.41, 5.74) is 2.21. The fraction of sp³-hybridized carbons (Fsp3) is 0.217. The van der Waals surface area contributed by atoms with Crippen molar-refractivity contribution in [1.29, 1.82) is 0 Å². The van der Waals surface area contributed by atoms with Gasteiger partial charge in [-0.25, -0.2) is 14.3 Å². The number of aryl methyl sites for hydroxylation is 1. The van der Waals surface area contributed by atoms with Crippen molar-refractivity contribution in [1.82, 2.24) is 9.55 Å². The molecule has 0 bridgehead atoms. The summed E-state index contributed by atoms with van der Waals surface area (Å²) in [6.45, 7) is -0.304. The van der Waals surface area contributed by atoms with Crippen molar-refractivity contribution in [2.24, 2.45) is 12.9 Å². The number of pyridine rings is 1. The van der Waals surface area contributed by atoms with Crippen LogP contribution >= 0.6 is 0 Å². The molecule has 186 valence electrons. The zero-order valence-corrected chi connectivity index (χ0v) is 20.2. The highest BCUT2D eigenvalue weighted by Crippen LogP contribution is 2.35. The zero-order chi connectivity index (χ0) is 25.6. The number of nitrogens with two attached hydrogens (primary N) is 1. The van der Waals surface area contributed by atoms with Gasteiger partial charge in [0.05, 0.1) is 32.3 Å². The molecule has 11 nitrogen and oxygen atoms in total. The van der Waals surface area contributed by atoms with E-state index in [9.17, 15) is 8.42 Å². The van der Waals surface area contributed by atoms with Gasteiger partial charge in [-0.3, -0.25) is 9.10 Å². The van der Waals surface area contributed by atoms with Crippen molar-refractivity contribution in [3.8, 4) is 11.8 Å². The molecule has 35 heavy (non-hydrogen) atoms. The number of nitrogens with zero attached hydrogens (tertiary/aromatic N) is 3. The van der Waals surface area contributed by atoms with E-state index in [1.807, 2.05) is 41.9 Å². The molecule has 0 aliphatic heterocycles. The molecule has 0 amide bonds. The Morgan fingerprint density at radius 2 is 1.74 bits per heavy atom. The maximum Gasteiger partial charge on any atom is 0.290 e. The van der Waals surface area contributed by atoms with E-state index >= 15 is 0 Å². The molecule has 0 unspecified atom stereocenters. The molecule has 0 radical (unpaired) electrons. The summed E-state index contributed by atoms with van der Waals surface area (Å²) in [5, 5.41) is 8.71. The number of aromatic nitrogens is 2. The molecule has 0 saturated carbocycles. The van der Waals surface area contributed by atoms with Crippen molar-refractivity contribution in [2.75, 3.05) is 31.7 Å². The second kappa shape index (κ2) is 11.0. The summed E-state index contributed by atoms with van der Waals surface area (Å²) in [6, 6.07) is 16.1. The number of ether oxygens (including phenoxy) is 2. The van der Waals surface area contributed by atoms with Crippen LogP contribution in [0.5, 0.6) is 11.8 Å². The average Bonchev–Trinajstić information content (AvgIpc) is 3.16. The van der Waals surface area contributed by atoms with E-state index in [4.69, 9.17) is 25.3 Å². The molecule has 0 fully saturated rings. The number of carboxylic acid groups (broad SMARTS) is 1. The molecule has 12 heteroatoms. The normalized spacial score (nSPS) is 11.1. The maximum atomic E-state index is 13.8. The monoisotopic (exact) mass is 502 g/mol. The van der Waals surface area contributed by atoms with Gasteiger partial charge in [0.2, 0.25) is 11.8 Å². The summed E-state index contributed by atoms with van der Waals surface area (Å²) >= 11 is 0. The summed E-state index contributed by atoms with van der Waals surface area (Å²) in [4.78, 5) is 17.4. The van der Waals surface area contributed by atoms with E-state index in [-0.39, 0.29) is 36.1 Å². The van der Waals surface area contributed by atoms with Gasteiger partial charge in [0.25, 0.3) is 16.5 Å². The van der Waals surface area contributed by atoms with Gasteiger partial charge in [0, 0.05) is 34.9 Å². The number of hydrogen-bond donors (Lipinski definition) is 2. The average molecular weight is 503 g/mol. The molecule has 2 heterocycles. The van der Waals surface area contributed by atoms with Gasteiger partial charge in [-0.1, -0.05) is 18.2 Å². The van der Waals surface area contributed by atoms with E-state index in [2.05, 4.69) is 9.82 Å². The molecule has 2 aromatic carbocycles. The van der Waals surface area contributed by atoms with Gasteiger partial charge >= 0.3 is 0 Å². The van der Waals surface area contributed by atoms with Crippen LogP contribution in [0.4, 0.5) is 5.69 Å². The Balaban J connectivity index is 0.00000108. The predicted octanol–water partition coefficient (Wildman–Crippen LogP) is 2.53. The highest BCUT2D eigenvalue weighted by atomic mass is 32.2. The van der Waals surface area contributed by atoms with E-state index in [1.165, 1.54) is 18.5 Å². The first-order chi connectivity index (χ1) is 16.8. The number of carbonyl (C=O) groups is 1. The SMILES string of the molecule is COc1ccc(N(CCON)S(=O)(=O)c2ccc3c(c2)c2ccccc2n3C)c(OC)n1.O=CO. The van der Waals surface area contributed by atoms with Crippen LogP contribution in [0, 0.1) is 0 Å². The standard InChI is InChI=1S/C22H24N4O5S.CH2O2/c1-25-18-7-5-4-6-16(18)17-14-15(8-9-19(17)25)32(27,28)26(12-13-31-23)20-10-11-21(29-2)24-22(20)30-3;2-1-3/h4-11,14H,12-13,23H2,1-3H3;1H,(H,2,3). The molecular formula is C23H26N4O7S. The van der Waals surface area contributed by atoms with Gasteiger partial charge in [-0.2, -0.15) is 4.98 Å². The first-order valence-corrected chi connectivity index (χ1v) is 11.8. The number of hydrogen-bond acceptors (Lipinski definition) is 8. The molecule has 0 aliphatic rings. The molecule has 2 aromatic heterocycles. The first-order valence-electron chi connectivity index (χ1n) is 10.3. The Labute approximate surface area is 202 Å². The summed E-state index contributed by atoms with van der Waals surface area (Å²) in [6.07, 6.45) is 0. The van der Waals surface area contributed by atoms with Crippen LogP contribution in [0.1, 0.15) is 0 Å². The van der Waals surface area contributed by atoms with Crippen LogP contribution in [0.2, 0.25) is 0 Å². The van der Waals surface area contributed by atoms with E-state index in [0.29, 0.717) is 5.88 Å². The van der Waals surface area contributed by atoms with Crippen molar-refractivity contribution >= 4 is 44.0 Å². The van der Waals surface area contributed by atoms with Crippen LogP contribution in [-0.4, -0.2) is 56.9 Å². The van der Waals surface area contributed by atoms with Crippen LogP contribution < -0.4 is 19.7 Å². The van der Waals surface area contributed by atoms with E-state index in [1.54, 1.807) is 24.3 Å². The molecule has 0 saturated heterocycles. The number of anilines is 1. The second-order valence-corrected chi connectivity index (χ2v) is 9.05. The number of rotatable bonds is 8. The van der Waals surface area contributed by atoms with Crippen LogP contribution in [0.25, 0.3) is 21.8 Å². The lowest BCUT2D eigenvalue weighted by Crippen LogP contribution is -2.35. The molecular weight excluding hydrogens is 476 g/mol. The number of methoxy groups -OCH3 is 2. The van der Waals surface area contributed by atoms with Gasteiger partial charge < -0.3 is 24.0 Å². The smallest absolute Gasteiger partial charge is 0.290 e. The fourth-order valence-electron chi connectivity index (χ4n) is 3.81. The fourth-order valence-corrected chi connectivity index (χ4v) is 5.28. The highest BCUT2D eigenvalue weighted by molar-refractivity contribution is 7.92. The minimum absolute atomic E-state index is 0.0229. The summed E-state index contributed by atoms with van der Waals surface area (Å²) < 4.78 is 41.2. The number of para-hydroxylation sites is 1. The van der Waals surface area contributed by atoms with Crippen molar-refractivity contribution in [3.05, 3.63) is 54.6 Å². The quantitative estimate of drug-likeness (QED) is 0.274. The van der Waals surface area contributed by atoms with Gasteiger partial charge in [0.1, 0.15) is 5.69 Å². The lowest BCUT2D eigenvalue weighted by molar-refractivity contribution is -0.122. The van der Waals surface area contributed by atoms with Gasteiger partial charge in [-0.15, -0.1) is 0 Å². The van der Waals surface area contributed by atoms with Crippen molar-refractivity contribution in [2.45, 2.75) is 4.90 Å². The van der Waals surface area contributed by atoms with E-state index < -0.39 is 10.0 Å². The largest absolute Gasteiger partial charge is 0.483 e. The third kappa shape index (κ3) is 4.99. The Hall–Kier alpha value is -3.87. The number of fused-ring (bicyclic) bond motifs is 3. The van der Waals surface area contributed by atoms with Crippen LogP contribution in [-0.2, 0) is 26.7 Å². The third-order valence-corrected chi connectivity index (χ3v) is 7.18. The maximum absolute atomic E-state index is 13.8. The minimum atomic E-state index is -4.00. The lowest BCUT2D eigenvalue weighted by Gasteiger charge is -2.25. The minimum Gasteiger partial charge on any atom is -0.483 e. The molecule has 4 rings (SSSR count). The predicted molar refractivity (Wildman–Crippen MR) is 131 cm³/mol. The Bertz CT molecular complexity index is 1440. The van der Waals surface area contributed by atoms with Crippen LogP contribution in [0.3, 0.4) is 0 Å². The Kier molecular flexibility index (Phi) is 8.12. The lowest BCUT2D eigenvalue weighted by atomic mass is 10.1. The first kappa shape index (κ1) is 25.7. The Morgan fingerprint density at radius 1 is 1.06 bits per heavy atom. The zero-order valence-electron chi connectivity index (χ0n) is 19.4. The molecule has 0 aliphatic carbocycles. The summed E-state index contributed by atoms with van der Waals surface area (Å²) in [7, 11) is 0.839. The third-order valence-electron chi connectivity index (χ3n) is 5.37. The van der Waals surface area contributed by atoms with Gasteiger partial charge in [-0.05, 0) is 30.3 Å². The molecule has 3 N–H and O–H groups in total. The highest BCUT2D eigenvalue weighted by Gasteiger charge is 2.29. The van der Waals surface area contributed by atoms with Gasteiger partial charge in [0.15, 0.2) is 0 Å². The molecule has 4 aromatic rings. The Morgan fingerprint density at radius 3 is 2.40 bits per heavy atom. The topological polar surface area (TPSA) is 146 Å².